The van der Waals surface area contributed by atoms with Gasteiger partial charge in [-0.15, -0.1) is 0 Å². The number of nitrogens with zero attached hydrogens (tertiary/aromatic N) is 1. The van der Waals surface area contributed by atoms with Gasteiger partial charge >= 0.3 is 0 Å². The summed E-state index contributed by atoms with van der Waals surface area (Å²) in [5.41, 5.74) is 6.06. The molecule has 8 nitrogen and oxygen atoms in total. The molecule has 3 N–H and O–H groups in total. The standard InChI is InChI=1S/C22H16N2O6S/c23-11-13-5-4-6-14(9-13)18-20-19(17(26)10-15(12-25)29-20)30-22(24)21(18)31(27,28)16-7-2-1-3-8-16/h1-10,18,25H,12,24H2. The maximum atomic E-state index is 13.5. The molecule has 1 unspecified atom stereocenters. The van der Waals surface area contributed by atoms with Crippen LogP contribution in [0.15, 0.2) is 85.6 Å². The van der Waals surface area contributed by atoms with Crippen LogP contribution in [0.3, 0.4) is 0 Å². The number of rotatable bonds is 4. The fourth-order valence-electron chi connectivity index (χ4n) is 3.45. The highest BCUT2D eigenvalue weighted by Gasteiger charge is 2.42. The van der Waals surface area contributed by atoms with Gasteiger partial charge in [0.2, 0.25) is 26.9 Å². The highest BCUT2D eigenvalue weighted by Crippen LogP contribution is 2.45. The molecule has 0 saturated carbocycles. The summed E-state index contributed by atoms with van der Waals surface area (Å²) in [5.74, 6) is -2.08. The first-order valence-electron chi connectivity index (χ1n) is 9.12. The summed E-state index contributed by atoms with van der Waals surface area (Å²) in [6.45, 7) is -0.576. The molecule has 4 rings (SSSR count). The van der Waals surface area contributed by atoms with Gasteiger partial charge in [0, 0.05) is 6.07 Å². The van der Waals surface area contributed by atoms with E-state index in [0.717, 1.165) is 6.07 Å². The zero-order chi connectivity index (χ0) is 22.2. The lowest BCUT2D eigenvalue weighted by Crippen LogP contribution is -2.29. The Labute approximate surface area is 177 Å². The number of benzene rings is 2. The van der Waals surface area contributed by atoms with Crippen molar-refractivity contribution >= 4 is 9.84 Å². The largest absolute Gasteiger partial charge is 0.458 e. The lowest BCUT2D eigenvalue weighted by atomic mass is 9.92. The van der Waals surface area contributed by atoms with Crippen LogP contribution in [0.1, 0.15) is 28.6 Å². The van der Waals surface area contributed by atoms with Crippen LogP contribution in [0.4, 0.5) is 0 Å². The third-order valence-corrected chi connectivity index (χ3v) is 6.72. The molecule has 0 fully saturated rings. The summed E-state index contributed by atoms with van der Waals surface area (Å²) in [7, 11) is -4.18. The Kier molecular flexibility index (Phi) is 5.10. The first-order chi connectivity index (χ1) is 14.9. The molecule has 0 bridgehead atoms. The molecule has 31 heavy (non-hydrogen) atoms. The van der Waals surface area contributed by atoms with Crippen LogP contribution in [0, 0.1) is 11.3 Å². The van der Waals surface area contributed by atoms with E-state index in [4.69, 9.17) is 14.9 Å². The maximum absolute atomic E-state index is 13.5. The van der Waals surface area contributed by atoms with Crippen LogP contribution in [-0.4, -0.2) is 13.5 Å². The Morgan fingerprint density at radius 2 is 1.84 bits per heavy atom. The third-order valence-electron chi connectivity index (χ3n) is 4.81. The van der Waals surface area contributed by atoms with Crippen molar-refractivity contribution in [3.63, 3.8) is 0 Å². The zero-order valence-electron chi connectivity index (χ0n) is 16.0. The molecule has 9 heteroatoms. The number of aliphatic hydroxyl groups is 1. The second kappa shape index (κ2) is 7.75. The summed E-state index contributed by atoms with van der Waals surface area (Å²) < 4.78 is 38.2. The second-order valence-corrected chi connectivity index (χ2v) is 8.66. The number of allylic oxidation sites excluding steroid dienone is 1. The van der Waals surface area contributed by atoms with Crippen molar-refractivity contribution in [2.75, 3.05) is 0 Å². The first kappa shape index (κ1) is 20.4. The van der Waals surface area contributed by atoms with Gasteiger partial charge in [-0.3, -0.25) is 4.79 Å². The quantitative estimate of drug-likeness (QED) is 0.633. The molecule has 0 aliphatic carbocycles. The zero-order valence-corrected chi connectivity index (χ0v) is 16.8. The van der Waals surface area contributed by atoms with Crippen LogP contribution >= 0.6 is 0 Å². The van der Waals surface area contributed by atoms with Gasteiger partial charge in [-0.1, -0.05) is 30.3 Å². The fraction of sp³-hybridized carbons (Fsp3) is 0.0909. The normalized spacial score (nSPS) is 15.7. The summed E-state index contributed by atoms with van der Waals surface area (Å²) in [5, 5.41) is 18.8. The van der Waals surface area contributed by atoms with Crippen molar-refractivity contribution < 1.29 is 22.7 Å². The molecular formula is C22H16N2O6S. The van der Waals surface area contributed by atoms with Crippen LogP contribution in [0.25, 0.3) is 0 Å². The van der Waals surface area contributed by atoms with Crippen molar-refractivity contribution in [2.24, 2.45) is 5.73 Å². The Morgan fingerprint density at radius 1 is 1.10 bits per heavy atom. The third kappa shape index (κ3) is 3.48. The molecular weight excluding hydrogens is 420 g/mol. The van der Waals surface area contributed by atoms with E-state index in [1.165, 1.54) is 18.2 Å². The molecule has 1 aliphatic heterocycles. The lowest BCUT2D eigenvalue weighted by molar-refractivity contribution is 0.232. The number of sulfone groups is 1. The van der Waals surface area contributed by atoms with Gasteiger partial charge in [0.15, 0.2) is 5.76 Å². The van der Waals surface area contributed by atoms with E-state index < -0.39 is 33.7 Å². The topological polar surface area (TPSA) is 144 Å². The van der Waals surface area contributed by atoms with E-state index >= 15 is 0 Å². The minimum Gasteiger partial charge on any atom is -0.458 e. The monoisotopic (exact) mass is 436 g/mol. The molecule has 0 spiro atoms. The number of aliphatic hydroxyl groups excluding tert-OH is 1. The average molecular weight is 436 g/mol. The smallest absolute Gasteiger partial charge is 0.228 e. The Balaban J connectivity index is 2.05. The number of nitrogens with two attached hydrogens (primary N) is 1. The van der Waals surface area contributed by atoms with Crippen LogP contribution in [-0.2, 0) is 16.4 Å². The van der Waals surface area contributed by atoms with Crippen molar-refractivity contribution in [1.29, 1.82) is 5.26 Å². The van der Waals surface area contributed by atoms with E-state index in [2.05, 4.69) is 0 Å². The lowest BCUT2D eigenvalue weighted by Gasteiger charge is -2.27. The van der Waals surface area contributed by atoms with Crippen LogP contribution < -0.4 is 15.9 Å². The predicted octanol–water partition coefficient (Wildman–Crippen LogP) is 2.13. The van der Waals surface area contributed by atoms with Crippen molar-refractivity contribution in [3.8, 4) is 11.8 Å². The highest BCUT2D eigenvalue weighted by molar-refractivity contribution is 7.95. The molecule has 2 aromatic carbocycles. The number of fused-ring (bicyclic) bond motifs is 1. The molecule has 0 amide bonds. The highest BCUT2D eigenvalue weighted by atomic mass is 32.2. The molecule has 1 atom stereocenters. The van der Waals surface area contributed by atoms with Gasteiger partial charge in [0.05, 0.1) is 22.4 Å². The number of hydrogen-bond donors (Lipinski definition) is 2. The van der Waals surface area contributed by atoms with Crippen molar-refractivity contribution in [3.05, 3.63) is 104 Å². The SMILES string of the molecule is N#Cc1cccc(C2C(S(=O)(=O)c3ccccc3)=C(N)Oc3c2oc(CO)cc3=O)c1. The number of nitriles is 1. The van der Waals surface area contributed by atoms with E-state index in [9.17, 15) is 23.6 Å². The predicted molar refractivity (Wildman–Crippen MR) is 109 cm³/mol. The van der Waals surface area contributed by atoms with Gasteiger partial charge in [-0.05, 0) is 29.8 Å². The Bertz CT molecular complexity index is 1400. The second-order valence-electron chi connectivity index (χ2n) is 6.75. The molecule has 1 aromatic heterocycles. The summed E-state index contributed by atoms with van der Waals surface area (Å²) in [4.78, 5) is 12.2. The van der Waals surface area contributed by atoms with Gasteiger partial charge in [-0.25, -0.2) is 8.42 Å². The van der Waals surface area contributed by atoms with Gasteiger partial charge < -0.3 is 20.0 Å². The molecule has 0 saturated heterocycles. The van der Waals surface area contributed by atoms with Gasteiger partial charge in [0.25, 0.3) is 0 Å². The molecule has 1 aliphatic rings. The number of hydrogen-bond acceptors (Lipinski definition) is 8. The summed E-state index contributed by atoms with van der Waals surface area (Å²) >= 11 is 0. The number of ether oxygens (including phenoxy) is 1. The molecule has 2 heterocycles. The van der Waals surface area contributed by atoms with Crippen LogP contribution in [0.5, 0.6) is 5.75 Å². The molecule has 3 aromatic rings. The Hall–Kier alpha value is -3.87. The van der Waals surface area contributed by atoms with Crippen molar-refractivity contribution in [1.82, 2.24) is 0 Å². The fourth-order valence-corrected chi connectivity index (χ4v) is 5.07. The minimum absolute atomic E-state index is 0.0258. The van der Waals surface area contributed by atoms with Crippen molar-refractivity contribution in [2.45, 2.75) is 17.4 Å². The van der Waals surface area contributed by atoms with Crippen LogP contribution in [0.2, 0.25) is 0 Å². The summed E-state index contributed by atoms with van der Waals surface area (Å²) in [6, 6.07) is 16.9. The molecule has 0 radical (unpaired) electrons. The minimum atomic E-state index is -4.18. The summed E-state index contributed by atoms with van der Waals surface area (Å²) in [6.07, 6.45) is 0. The van der Waals surface area contributed by atoms with E-state index in [1.54, 1.807) is 36.4 Å². The van der Waals surface area contributed by atoms with Gasteiger partial charge in [0.1, 0.15) is 17.3 Å². The van der Waals surface area contributed by atoms with Gasteiger partial charge in [-0.2, -0.15) is 5.26 Å². The molecule has 156 valence electrons. The van der Waals surface area contributed by atoms with E-state index in [1.807, 2.05) is 6.07 Å². The van der Waals surface area contributed by atoms with E-state index in [-0.39, 0.29) is 32.6 Å². The average Bonchev–Trinajstić information content (AvgIpc) is 2.79. The van der Waals surface area contributed by atoms with E-state index in [0.29, 0.717) is 5.56 Å². The maximum Gasteiger partial charge on any atom is 0.228 e. The first-order valence-corrected chi connectivity index (χ1v) is 10.6. The Morgan fingerprint density at radius 3 is 2.52 bits per heavy atom.